The fraction of sp³-hybridized carbons (Fsp3) is 0.625. The van der Waals surface area contributed by atoms with E-state index in [1.54, 1.807) is 6.07 Å². The van der Waals surface area contributed by atoms with Gasteiger partial charge in [-0.05, 0) is 25.0 Å². The predicted molar refractivity (Wildman–Crippen MR) is 80.5 cm³/mol. The van der Waals surface area contributed by atoms with Gasteiger partial charge in [0.2, 0.25) is 0 Å². The Morgan fingerprint density at radius 3 is 2.80 bits per heavy atom. The predicted octanol–water partition coefficient (Wildman–Crippen LogP) is 3.59. The van der Waals surface area contributed by atoms with Crippen LogP contribution in [0.3, 0.4) is 0 Å². The minimum atomic E-state index is -0.186. The van der Waals surface area contributed by atoms with Gasteiger partial charge in [0.25, 0.3) is 0 Å². The van der Waals surface area contributed by atoms with Crippen LogP contribution in [0.4, 0.5) is 4.39 Å². The molecule has 3 rings (SSSR count). The normalized spacial score (nSPS) is 23.1. The fourth-order valence-electron chi connectivity index (χ4n) is 3.63. The van der Waals surface area contributed by atoms with Crippen molar-refractivity contribution in [2.45, 2.75) is 44.2 Å². The van der Waals surface area contributed by atoms with Crippen molar-refractivity contribution in [2.75, 3.05) is 19.6 Å². The average Bonchev–Trinajstić information content (AvgIpc) is 2.43. The number of hydrogen-bond donors (Lipinski definition) is 1. The molecule has 2 nitrogen and oxygen atoms in total. The monoisotopic (exact) mass is 296 g/mol. The van der Waals surface area contributed by atoms with E-state index in [-0.39, 0.29) is 11.4 Å². The molecule has 110 valence electrons. The van der Waals surface area contributed by atoms with Gasteiger partial charge >= 0.3 is 0 Å². The lowest BCUT2D eigenvalue weighted by Gasteiger charge is -2.46. The largest absolute Gasteiger partial charge is 0.309 e. The Morgan fingerprint density at radius 2 is 2.05 bits per heavy atom. The Bertz CT molecular complexity index is 466. The molecule has 0 radical (unpaired) electrons. The van der Waals surface area contributed by atoms with E-state index in [9.17, 15) is 4.39 Å². The number of hydrogen-bond acceptors (Lipinski definition) is 2. The summed E-state index contributed by atoms with van der Waals surface area (Å²) in [4.78, 5) is 2.38. The van der Waals surface area contributed by atoms with Gasteiger partial charge in [0, 0.05) is 42.3 Å². The molecule has 2 fully saturated rings. The Labute approximate surface area is 125 Å². The SMILES string of the molecule is Fc1cc(Cl)ccc1CN1CCNC2(CCCCC2)C1. The lowest BCUT2D eigenvalue weighted by molar-refractivity contribution is 0.0937. The molecule has 1 aliphatic carbocycles. The van der Waals surface area contributed by atoms with Crippen LogP contribution in [0.5, 0.6) is 0 Å². The summed E-state index contributed by atoms with van der Waals surface area (Å²) < 4.78 is 13.9. The van der Waals surface area contributed by atoms with Crippen molar-refractivity contribution in [3.63, 3.8) is 0 Å². The van der Waals surface area contributed by atoms with Crippen LogP contribution in [-0.2, 0) is 6.54 Å². The van der Waals surface area contributed by atoms with Gasteiger partial charge in [0.05, 0.1) is 0 Å². The first-order chi connectivity index (χ1) is 9.67. The molecule has 0 unspecified atom stereocenters. The Hall–Kier alpha value is -0.640. The summed E-state index contributed by atoms with van der Waals surface area (Å²) in [6.07, 6.45) is 6.50. The first-order valence-corrected chi connectivity index (χ1v) is 7.96. The lowest BCUT2D eigenvalue weighted by Crippen LogP contribution is -2.60. The van der Waals surface area contributed by atoms with E-state index >= 15 is 0 Å². The maximum Gasteiger partial charge on any atom is 0.129 e. The first kappa shape index (κ1) is 14.3. The lowest BCUT2D eigenvalue weighted by atomic mass is 9.80. The highest BCUT2D eigenvalue weighted by atomic mass is 35.5. The van der Waals surface area contributed by atoms with Crippen LogP contribution in [0, 0.1) is 5.82 Å². The van der Waals surface area contributed by atoms with Crippen LogP contribution in [0.1, 0.15) is 37.7 Å². The number of nitrogens with one attached hydrogen (secondary N) is 1. The van der Waals surface area contributed by atoms with Gasteiger partial charge in [-0.25, -0.2) is 4.39 Å². The summed E-state index contributed by atoms with van der Waals surface area (Å²) >= 11 is 5.81. The van der Waals surface area contributed by atoms with Crippen LogP contribution >= 0.6 is 11.6 Å². The second-order valence-corrected chi connectivity index (χ2v) is 6.65. The van der Waals surface area contributed by atoms with Gasteiger partial charge in [-0.3, -0.25) is 4.90 Å². The molecule has 1 aromatic carbocycles. The van der Waals surface area contributed by atoms with Gasteiger partial charge < -0.3 is 5.32 Å². The van der Waals surface area contributed by atoms with Crippen LogP contribution in [0.15, 0.2) is 18.2 Å². The summed E-state index contributed by atoms with van der Waals surface area (Å²) in [5.74, 6) is -0.186. The van der Waals surface area contributed by atoms with Gasteiger partial charge in [0.1, 0.15) is 5.82 Å². The highest BCUT2D eigenvalue weighted by molar-refractivity contribution is 6.30. The summed E-state index contributed by atoms with van der Waals surface area (Å²) in [5, 5.41) is 4.19. The number of halogens is 2. The van der Waals surface area contributed by atoms with Gasteiger partial charge in [-0.2, -0.15) is 0 Å². The molecule has 1 saturated carbocycles. The maximum absolute atomic E-state index is 13.9. The number of nitrogens with zero attached hydrogens (tertiary/aromatic N) is 1. The Kier molecular flexibility index (Phi) is 4.29. The fourth-order valence-corrected chi connectivity index (χ4v) is 3.79. The smallest absolute Gasteiger partial charge is 0.129 e. The molecule has 1 N–H and O–H groups in total. The van der Waals surface area contributed by atoms with Gasteiger partial charge in [-0.15, -0.1) is 0 Å². The van der Waals surface area contributed by atoms with E-state index in [1.165, 1.54) is 38.2 Å². The summed E-state index contributed by atoms with van der Waals surface area (Å²) in [5.41, 5.74) is 1.03. The molecule has 0 atom stereocenters. The topological polar surface area (TPSA) is 15.3 Å². The zero-order chi connectivity index (χ0) is 14.0. The van der Waals surface area contributed by atoms with Crippen molar-refractivity contribution in [1.82, 2.24) is 10.2 Å². The van der Waals surface area contributed by atoms with Crippen LogP contribution < -0.4 is 5.32 Å². The molecule has 0 amide bonds. The molecular formula is C16H22ClFN2. The van der Waals surface area contributed by atoms with Crippen molar-refractivity contribution in [1.29, 1.82) is 0 Å². The Morgan fingerprint density at radius 1 is 1.25 bits per heavy atom. The summed E-state index contributed by atoms with van der Waals surface area (Å²) in [6.45, 7) is 3.72. The van der Waals surface area contributed by atoms with Crippen LogP contribution in [0.25, 0.3) is 0 Å². The molecule has 20 heavy (non-hydrogen) atoms. The highest BCUT2D eigenvalue weighted by Gasteiger charge is 2.36. The van der Waals surface area contributed by atoms with Crippen molar-refractivity contribution in [3.05, 3.63) is 34.6 Å². The minimum absolute atomic E-state index is 0.186. The van der Waals surface area contributed by atoms with Crippen molar-refractivity contribution < 1.29 is 4.39 Å². The van der Waals surface area contributed by atoms with E-state index in [2.05, 4.69) is 10.2 Å². The molecule has 1 aliphatic heterocycles. The summed E-state index contributed by atoms with van der Waals surface area (Å²) in [7, 11) is 0. The second kappa shape index (κ2) is 6.00. The number of benzene rings is 1. The molecule has 0 aromatic heterocycles. The zero-order valence-corrected chi connectivity index (χ0v) is 12.6. The standard InChI is InChI=1S/C16H22ClFN2/c17-14-5-4-13(15(18)10-14)11-20-9-8-19-16(12-20)6-2-1-3-7-16/h4-5,10,19H,1-3,6-9,11-12H2. The maximum atomic E-state index is 13.9. The third-order valence-corrected chi connectivity index (χ3v) is 4.91. The average molecular weight is 297 g/mol. The second-order valence-electron chi connectivity index (χ2n) is 6.21. The molecular weight excluding hydrogens is 275 g/mol. The van der Waals surface area contributed by atoms with Gasteiger partial charge in [-0.1, -0.05) is 36.9 Å². The van der Waals surface area contributed by atoms with E-state index < -0.39 is 0 Å². The number of piperazine rings is 1. The van der Waals surface area contributed by atoms with Crippen LogP contribution in [-0.4, -0.2) is 30.1 Å². The van der Waals surface area contributed by atoms with E-state index in [0.717, 1.165) is 25.2 Å². The molecule has 1 aromatic rings. The van der Waals surface area contributed by atoms with Crippen molar-refractivity contribution in [3.8, 4) is 0 Å². The van der Waals surface area contributed by atoms with E-state index in [4.69, 9.17) is 11.6 Å². The van der Waals surface area contributed by atoms with Crippen molar-refractivity contribution >= 4 is 11.6 Å². The van der Waals surface area contributed by atoms with Gasteiger partial charge in [0.15, 0.2) is 0 Å². The summed E-state index contributed by atoms with van der Waals surface area (Å²) in [6, 6.07) is 5.00. The third kappa shape index (κ3) is 3.16. The third-order valence-electron chi connectivity index (χ3n) is 4.67. The molecule has 1 spiro atoms. The van der Waals surface area contributed by atoms with E-state index in [1.807, 2.05) is 6.07 Å². The first-order valence-electron chi connectivity index (χ1n) is 7.58. The van der Waals surface area contributed by atoms with E-state index in [0.29, 0.717) is 11.6 Å². The molecule has 0 bridgehead atoms. The molecule has 2 aliphatic rings. The quantitative estimate of drug-likeness (QED) is 0.897. The van der Waals surface area contributed by atoms with Crippen LogP contribution in [0.2, 0.25) is 5.02 Å². The molecule has 1 heterocycles. The number of rotatable bonds is 2. The Balaban J connectivity index is 1.68. The minimum Gasteiger partial charge on any atom is -0.309 e. The highest BCUT2D eigenvalue weighted by Crippen LogP contribution is 2.31. The zero-order valence-electron chi connectivity index (χ0n) is 11.8. The molecule has 1 saturated heterocycles. The van der Waals surface area contributed by atoms with Crippen molar-refractivity contribution in [2.24, 2.45) is 0 Å². The molecule has 4 heteroatoms.